The molecule has 2 rings (SSSR count). The third kappa shape index (κ3) is 3.25. The Morgan fingerprint density at radius 1 is 1.17 bits per heavy atom. The van der Waals surface area contributed by atoms with Crippen LogP contribution in [0.15, 0.2) is 0 Å². The summed E-state index contributed by atoms with van der Waals surface area (Å²) in [5.74, 6) is 0.257. The zero-order valence-electron chi connectivity index (χ0n) is 11.8. The van der Waals surface area contributed by atoms with Crippen molar-refractivity contribution >= 4 is 5.91 Å². The molecular weight excluding hydrogens is 224 g/mol. The standard InChI is InChI=1S/C15H28N2O/c1-2-15(11-8-12-16-15)14(18)17-13-9-6-4-3-5-7-10-13/h13,16H,2-12H2,1H3,(H,17,18). The van der Waals surface area contributed by atoms with Gasteiger partial charge in [0.05, 0.1) is 5.54 Å². The first kappa shape index (κ1) is 13.9. The molecule has 1 saturated carbocycles. The molecule has 0 aromatic carbocycles. The van der Waals surface area contributed by atoms with Gasteiger partial charge in [-0.25, -0.2) is 0 Å². The highest BCUT2D eigenvalue weighted by atomic mass is 16.2. The third-order valence-electron chi connectivity index (χ3n) is 4.72. The number of carbonyl (C=O) groups is 1. The van der Waals surface area contributed by atoms with Crippen molar-refractivity contribution in [2.24, 2.45) is 0 Å². The lowest BCUT2D eigenvalue weighted by Crippen LogP contribution is -2.55. The van der Waals surface area contributed by atoms with Crippen LogP contribution in [0.25, 0.3) is 0 Å². The minimum atomic E-state index is -0.262. The van der Waals surface area contributed by atoms with E-state index in [2.05, 4.69) is 17.6 Å². The van der Waals surface area contributed by atoms with E-state index >= 15 is 0 Å². The van der Waals surface area contributed by atoms with E-state index in [4.69, 9.17) is 0 Å². The Morgan fingerprint density at radius 2 is 1.83 bits per heavy atom. The fourth-order valence-electron chi connectivity index (χ4n) is 3.39. The van der Waals surface area contributed by atoms with Crippen LogP contribution in [-0.4, -0.2) is 24.0 Å². The van der Waals surface area contributed by atoms with Crippen LogP contribution in [-0.2, 0) is 4.79 Å². The van der Waals surface area contributed by atoms with Crippen molar-refractivity contribution in [1.82, 2.24) is 10.6 Å². The van der Waals surface area contributed by atoms with E-state index in [9.17, 15) is 4.79 Å². The van der Waals surface area contributed by atoms with Crippen LogP contribution in [0, 0.1) is 0 Å². The maximum Gasteiger partial charge on any atom is 0.240 e. The van der Waals surface area contributed by atoms with E-state index in [1.165, 1.54) is 44.9 Å². The maximum absolute atomic E-state index is 12.5. The van der Waals surface area contributed by atoms with Crippen molar-refractivity contribution in [2.75, 3.05) is 6.54 Å². The zero-order valence-corrected chi connectivity index (χ0v) is 11.8. The highest BCUT2D eigenvalue weighted by molar-refractivity contribution is 5.86. The first-order valence-electron chi connectivity index (χ1n) is 7.83. The first-order valence-corrected chi connectivity index (χ1v) is 7.83. The van der Waals surface area contributed by atoms with Crippen molar-refractivity contribution in [3.05, 3.63) is 0 Å². The van der Waals surface area contributed by atoms with Gasteiger partial charge in [0.25, 0.3) is 0 Å². The highest BCUT2D eigenvalue weighted by Crippen LogP contribution is 2.24. The van der Waals surface area contributed by atoms with Gasteiger partial charge in [-0.1, -0.05) is 39.0 Å². The van der Waals surface area contributed by atoms with Crippen LogP contribution in [0.5, 0.6) is 0 Å². The average Bonchev–Trinajstić information content (AvgIpc) is 2.82. The first-order chi connectivity index (χ1) is 8.77. The second-order valence-electron chi connectivity index (χ2n) is 5.98. The highest BCUT2D eigenvalue weighted by Gasteiger charge is 2.39. The van der Waals surface area contributed by atoms with Gasteiger partial charge in [-0.05, 0) is 38.6 Å². The Hall–Kier alpha value is -0.570. The van der Waals surface area contributed by atoms with Gasteiger partial charge < -0.3 is 10.6 Å². The lowest BCUT2D eigenvalue weighted by atomic mass is 9.91. The number of amides is 1. The smallest absolute Gasteiger partial charge is 0.240 e. The molecule has 1 aliphatic heterocycles. The molecule has 104 valence electrons. The number of hydrogen-bond donors (Lipinski definition) is 2. The molecule has 0 radical (unpaired) electrons. The Bertz CT molecular complexity index is 264. The second kappa shape index (κ2) is 6.55. The topological polar surface area (TPSA) is 41.1 Å². The van der Waals surface area contributed by atoms with Gasteiger partial charge in [-0.15, -0.1) is 0 Å². The Morgan fingerprint density at radius 3 is 2.39 bits per heavy atom. The monoisotopic (exact) mass is 252 g/mol. The number of hydrogen-bond acceptors (Lipinski definition) is 2. The molecule has 3 heteroatoms. The summed E-state index contributed by atoms with van der Waals surface area (Å²) < 4.78 is 0. The Labute approximate surface area is 111 Å². The third-order valence-corrected chi connectivity index (χ3v) is 4.72. The molecule has 1 amide bonds. The van der Waals surface area contributed by atoms with Crippen LogP contribution in [0.1, 0.15) is 71.1 Å². The van der Waals surface area contributed by atoms with Crippen LogP contribution in [0.2, 0.25) is 0 Å². The minimum Gasteiger partial charge on any atom is -0.352 e. The van der Waals surface area contributed by atoms with Gasteiger partial charge in [0.2, 0.25) is 5.91 Å². The molecule has 1 atom stereocenters. The van der Waals surface area contributed by atoms with E-state index in [1.807, 2.05) is 0 Å². The predicted octanol–water partition coefficient (Wildman–Crippen LogP) is 2.75. The van der Waals surface area contributed by atoms with E-state index in [0.29, 0.717) is 6.04 Å². The second-order valence-corrected chi connectivity index (χ2v) is 5.98. The molecular formula is C15H28N2O. The van der Waals surface area contributed by atoms with Crippen molar-refractivity contribution < 1.29 is 4.79 Å². The molecule has 1 heterocycles. The Balaban J connectivity index is 1.88. The van der Waals surface area contributed by atoms with E-state index < -0.39 is 0 Å². The van der Waals surface area contributed by atoms with Gasteiger partial charge in [0.1, 0.15) is 0 Å². The molecule has 0 aromatic heterocycles. The van der Waals surface area contributed by atoms with Crippen LogP contribution in [0.3, 0.4) is 0 Å². The van der Waals surface area contributed by atoms with Crippen molar-refractivity contribution in [1.29, 1.82) is 0 Å². The van der Waals surface area contributed by atoms with Crippen LogP contribution in [0.4, 0.5) is 0 Å². The van der Waals surface area contributed by atoms with E-state index in [1.54, 1.807) is 0 Å². The molecule has 1 aliphatic carbocycles. The zero-order chi connectivity index (χ0) is 12.8. The molecule has 0 aromatic rings. The summed E-state index contributed by atoms with van der Waals surface area (Å²) in [6, 6.07) is 0.420. The number of nitrogens with one attached hydrogen (secondary N) is 2. The van der Waals surface area contributed by atoms with Crippen LogP contribution >= 0.6 is 0 Å². The molecule has 2 N–H and O–H groups in total. The predicted molar refractivity (Wildman–Crippen MR) is 74.5 cm³/mol. The maximum atomic E-state index is 12.5. The normalized spacial score (nSPS) is 30.7. The largest absolute Gasteiger partial charge is 0.352 e. The molecule has 1 saturated heterocycles. The molecule has 1 unspecified atom stereocenters. The summed E-state index contributed by atoms with van der Waals surface area (Å²) in [5.41, 5.74) is -0.262. The molecule has 18 heavy (non-hydrogen) atoms. The molecule has 3 nitrogen and oxygen atoms in total. The molecule has 0 bridgehead atoms. The van der Waals surface area contributed by atoms with Gasteiger partial charge in [0.15, 0.2) is 0 Å². The average molecular weight is 252 g/mol. The minimum absolute atomic E-state index is 0.257. The summed E-state index contributed by atoms with van der Waals surface area (Å²) in [5, 5.41) is 6.74. The van der Waals surface area contributed by atoms with Crippen molar-refractivity contribution in [3.63, 3.8) is 0 Å². The lowest BCUT2D eigenvalue weighted by molar-refractivity contribution is -0.128. The van der Waals surface area contributed by atoms with E-state index in [-0.39, 0.29) is 11.4 Å². The summed E-state index contributed by atoms with van der Waals surface area (Å²) in [4.78, 5) is 12.5. The van der Waals surface area contributed by atoms with Gasteiger partial charge in [-0.3, -0.25) is 4.79 Å². The van der Waals surface area contributed by atoms with Gasteiger partial charge in [-0.2, -0.15) is 0 Å². The summed E-state index contributed by atoms with van der Waals surface area (Å²) in [7, 11) is 0. The Kier molecular flexibility index (Phi) is 5.04. The quantitative estimate of drug-likeness (QED) is 0.811. The lowest BCUT2D eigenvalue weighted by Gasteiger charge is -2.30. The fraction of sp³-hybridized carbons (Fsp3) is 0.933. The fourth-order valence-corrected chi connectivity index (χ4v) is 3.39. The van der Waals surface area contributed by atoms with Gasteiger partial charge >= 0.3 is 0 Å². The summed E-state index contributed by atoms with van der Waals surface area (Å²) in [6.07, 6.45) is 12.0. The SMILES string of the molecule is CCC1(C(=O)NC2CCCCCCC2)CCCN1. The number of carbonyl (C=O) groups excluding carboxylic acids is 1. The van der Waals surface area contributed by atoms with Crippen molar-refractivity contribution in [3.8, 4) is 0 Å². The van der Waals surface area contributed by atoms with Crippen LogP contribution < -0.4 is 10.6 Å². The molecule has 2 aliphatic rings. The van der Waals surface area contributed by atoms with Crippen molar-refractivity contribution in [2.45, 2.75) is 82.7 Å². The molecule has 0 spiro atoms. The summed E-state index contributed by atoms with van der Waals surface area (Å²) >= 11 is 0. The number of rotatable bonds is 3. The van der Waals surface area contributed by atoms with Gasteiger partial charge in [0, 0.05) is 6.04 Å². The van der Waals surface area contributed by atoms with E-state index in [0.717, 1.165) is 25.8 Å². The molecule has 2 fully saturated rings. The summed E-state index contributed by atoms with van der Waals surface area (Å²) in [6.45, 7) is 3.11.